The van der Waals surface area contributed by atoms with Gasteiger partial charge in [-0.3, -0.25) is 4.79 Å². The van der Waals surface area contributed by atoms with Crippen LogP contribution in [0.15, 0.2) is 36.5 Å². The van der Waals surface area contributed by atoms with Crippen molar-refractivity contribution in [2.45, 2.75) is 232 Å². The smallest absolute Gasteiger partial charge is 0.306 e. The fraction of sp³-hybridized carbons (Fsp3) is 0.848. The highest BCUT2D eigenvalue weighted by molar-refractivity contribution is 5.69. The molecule has 0 aromatic heterocycles. The second kappa shape index (κ2) is 43.8. The number of allylic oxidation sites excluding steroid dienone is 6. The molecule has 4 heteroatoms. The quantitative estimate of drug-likeness (QED) is 0.0391. The Kier molecular flexibility index (Phi) is 42.6. The number of esters is 1. The van der Waals surface area contributed by atoms with Crippen LogP contribution in [0, 0.1) is 0 Å². The van der Waals surface area contributed by atoms with Crippen LogP contribution in [0.25, 0.3) is 0 Å². The maximum atomic E-state index is 12.2. The van der Waals surface area contributed by atoms with Crippen LogP contribution in [-0.2, 0) is 14.3 Å². The summed E-state index contributed by atoms with van der Waals surface area (Å²) in [6.07, 6.45) is 54.9. The summed E-state index contributed by atoms with van der Waals surface area (Å²) >= 11 is 0. The summed E-state index contributed by atoms with van der Waals surface area (Å²) in [5.41, 5.74) is 0. The van der Waals surface area contributed by atoms with Gasteiger partial charge in [-0.2, -0.15) is 0 Å². The minimum absolute atomic E-state index is 0.170. The summed E-state index contributed by atoms with van der Waals surface area (Å²) < 4.78 is 11.2. The third-order valence-electron chi connectivity index (χ3n) is 9.72. The van der Waals surface area contributed by atoms with Gasteiger partial charge < -0.3 is 14.6 Å². The third-order valence-corrected chi connectivity index (χ3v) is 9.72. The van der Waals surface area contributed by atoms with E-state index in [1.165, 1.54) is 173 Å². The molecule has 0 spiro atoms. The van der Waals surface area contributed by atoms with Crippen LogP contribution in [-0.4, -0.2) is 37.0 Å². The van der Waals surface area contributed by atoms with Gasteiger partial charge in [-0.25, -0.2) is 0 Å². The Balaban J connectivity index is 3.42. The van der Waals surface area contributed by atoms with E-state index in [2.05, 4.69) is 50.3 Å². The molecular formula is C46H86O4. The van der Waals surface area contributed by atoms with Crippen molar-refractivity contribution in [3.8, 4) is 0 Å². The van der Waals surface area contributed by atoms with Crippen LogP contribution in [0.5, 0.6) is 0 Å². The molecule has 0 aromatic carbocycles. The maximum Gasteiger partial charge on any atom is 0.306 e. The molecule has 4 nitrogen and oxygen atoms in total. The molecule has 1 atom stereocenters. The minimum atomic E-state index is -0.533. The van der Waals surface area contributed by atoms with Gasteiger partial charge in [0.1, 0.15) is 6.10 Å². The van der Waals surface area contributed by atoms with Gasteiger partial charge in [0.15, 0.2) is 0 Å². The number of hydrogen-bond donors (Lipinski definition) is 1. The van der Waals surface area contributed by atoms with Gasteiger partial charge in [0, 0.05) is 13.0 Å². The Hall–Kier alpha value is -1.39. The molecule has 0 rings (SSSR count). The van der Waals surface area contributed by atoms with E-state index in [4.69, 9.17) is 9.47 Å². The van der Waals surface area contributed by atoms with Gasteiger partial charge in [0.05, 0.1) is 13.2 Å². The summed E-state index contributed by atoms with van der Waals surface area (Å²) in [5, 5.41) is 9.59. The van der Waals surface area contributed by atoms with Crippen molar-refractivity contribution in [3.63, 3.8) is 0 Å². The predicted octanol–water partition coefficient (Wildman–Crippen LogP) is 14.5. The van der Waals surface area contributed by atoms with Crippen LogP contribution >= 0.6 is 0 Å². The molecule has 0 aliphatic heterocycles. The highest BCUT2D eigenvalue weighted by atomic mass is 16.6. The highest BCUT2D eigenvalue weighted by Gasteiger charge is 2.13. The molecule has 0 saturated heterocycles. The standard InChI is InChI=1S/C46H86O4/c1-3-5-7-9-11-13-15-17-18-19-20-21-22-23-24-25-26-27-28-29-31-33-35-37-39-41-46(48)50-45(43-47)44-49-42-40-38-36-34-32-30-16-14-12-10-8-6-4-2/h15,17,19-20,22-23,45,47H,3-14,16,18,21,24-44H2,1-2H3/b17-15-,20-19-,23-22-. The van der Waals surface area contributed by atoms with Crippen LogP contribution in [0.2, 0.25) is 0 Å². The molecule has 0 amide bonds. The summed E-state index contributed by atoms with van der Waals surface area (Å²) in [6.45, 7) is 5.36. The summed E-state index contributed by atoms with van der Waals surface area (Å²) in [7, 11) is 0. The molecule has 0 heterocycles. The van der Waals surface area contributed by atoms with Gasteiger partial charge in [-0.05, 0) is 51.4 Å². The van der Waals surface area contributed by atoms with Gasteiger partial charge in [-0.15, -0.1) is 0 Å². The summed E-state index contributed by atoms with van der Waals surface area (Å²) in [6, 6.07) is 0. The van der Waals surface area contributed by atoms with E-state index in [9.17, 15) is 9.90 Å². The number of ether oxygens (including phenoxy) is 2. The largest absolute Gasteiger partial charge is 0.457 e. The second-order valence-electron chi connectivity index (χ2n) is 14.8. The zero-order valence-corrected chi connectivity index (χ0v) is 33.7. The highest BCUT2D eigenvalue weighted by Crippen LogP contribution is 2.14. The van der Waals surface area contributed by atoms with Crippen LogP contribution in [0.1, 0.15) is 226 Å². The zero-order chi connectivity index (χ0) is 36.3. The average molecular weight is 703 g/mol. The van der Waals surface area contributed by atoms with E-state index in [1.54, 1.807) is 0 Å². The molecule has 0 aliphatic rings. The lowest BCUT2D eigenvalue weighted by molar-refractivity contribution is -0.154. The monoisotopic (exact) mass is 703 g/mol. The first-order chi connectivity index (χ1) is 24.7. The Bertz CT molecular complexity index is 742. The topological polar surface area (TPSA) is 55.8 Å². The van der Waals surface area contributed by atoms with Crippen molar-refractivity contribution >= 4 is 5.97 Å². The first-order valence-electron chi connectivity index (χ1n) is 22.1. The van der Waals surface area contributed by atoms with Crippen molar-refractivity contribution < 1.29 is 19.4 Å². The molecular weight excluding hydrogens is 617 g/mol. The van der Waals surface area contributed by atoms with Gasteiger partial charge in [-0.1, -0.05) is 204 Å². The normalized spacial score (nSPS) is 12.6. The van der Waals surface area contributed by atoms with Crippen LogP contribution in [0.3, 0.4) is 0 Å². The molecule has 50 heavy (non-hydrogen) atoms. The molecule has 0 bridgehead atoms. The van der Waals surface area contributed by atoms with Crippen LogP contribution in [0.4, 0.5) is 0 Å². The average Bonchev–Trinajstić information content (AvgIpc) is 3.12. The molecule has 0 aromatic rings. The van der Waals surface area contributed by atoms with E-state index in [1.807, 2.05) is 0 Å². The predicted molar refractivity (Wildman–Crippen MR) is 219 cm³/mol. The molecule has 0 radical (unpaired) electrons. The number of aliphatic hydroxyl groups excluding tert-OH is 1. The molecule has 0 aliphatic carbocycles. The molecule has 0 saturated carbocycles. The van der Waals surface area contributed by atoms with Crippen molar-refractivity contribution in [2.75, 3.05) is 19.8 Å². The minimum Gasteiger partial charge on any atom is -0.457 e. The van der Waals surface area contributed by atoms with Crippen molar-refractivity contribution in [3.05, 3.63) is 36.5 Å². The lowest BCUT2D eigenvalue weighted by Gasteiger charge is -2.16. The second-order valence-corrected chi connectivity index (χ2v) is 14.8. The fourth-order valence-corrected chi connectivity index (χ4v) is 6.39. The van der Waals surface area contributed by atoms with Crippen molar-refractivity contribution in [2.24, 2.45) is 0 Å². The zero-order valence-electron chi connectivity index (χ0n) is 33.7. The lowest BCUT2D eigenvalue weighted by atomic mass is 10.0. The summed E-state index contributed by atoms with van der Waals surface area (Å²) in [5.74, 6) is -0.202. The Morgan fingerprint density at radius 2 is 0.840 bits per heavy atom. The molecule has 1 N–H and O–H groups in total. The van der Waals surface area contributed by atoms with Gasteiger partial charge in [0.25, 0.3) is 0 Å². The fourth-order valence-electron chi connectivity index (χ4n) is 6.39. The Morgan fingerprint density at radius 3 is 1.26 bits per heavy atom. The number of carbonyl (C=O) groups is 1. The number of aliphatic hydroxyl groups is 1. The number of rotatable bonds is 41. The lowest BCUT2D eigenvalue weighted by Crippen LogP contribution is -2.27. The SMILES string of the molecule is CCCCCCC/C=C\C/C=C\C/C=C\CCCCCCCCCCCCC(=O)OC(CO)COCCCCCCCCCCCCCCC. The molecule has 1 unspecified atom stereocenters. The number of unbranched alkanes of at least 4 members (excludes halogenated alkanes) is 27. The number of carbonyl (C=O) groups excluding carboxylic acids is 1. The van der Waals surface area contributed by atoms with E-state index >= 15 is 0 Å². The number of hydrogen-bond acceptors (Lipinski definition) is 4. The van der Waals surface area contributed by atoms with E-state index < -0.39 is 6.10 Å². The Labute approximate surface area is 312 Å². The van der Waals surface area contributed by atoms with Crippen molar-refractivity contribution in [1.82, 2.24) is 0 Å². The van der Waals surface area contributed by atoms with Crippen molar-refractivity contribution in [1.29, 1.82) is 0 Å². The van der Waals surface area contributed by atoms with E-state index in [0.29, 0.717) is 19.6 Å². The van der Waals surface area contributed by atoms with E-state index in [0.717, 1.165) is 32.1 Å². The first-order valence-corrected chi connectivity index (χ1v) is 22.1. The van der Waals surface area contributed by atoms with Gasteiger partial charge >= 0.3 is 5.97 Å². The Morgan fingerprint density at radius 1 is 0.480 bits per heavy atom. The molecule has 0 fully saturated rings. The van der Waals surface area contributed by atoms with Gasteiger partial charge in [0.2, 0.25) is 0 Å². The first kappa shape index (κ1) is 48.6. The summed E-state index contributed by atoms with van der Waals surface area (Å²) in [4.78, 5) is 12.2. The maximum absolute atomic E-state index is 12.2. The van der Waals surface area contributed by atoms with E-state index in [-0.39, 0.29) is 12.6 Å². The van der Waals surface area contributed by atoms with Crippen LogP contribution < -0.4 is 0 Å². The third kappa shape index (κ3) is 41.0. The molecule has 294 valence electrons.